The number of thiophene rings is 1. The van der Waals surface area contributed by atoms with Gasteiger partial charge in [-0.3, -0.25) is 0 Å². The van der Waals surface area contributed by atoms with Crippen LogP contribution in [0.15, 0.2) is 115 Å². The summed E-state index contributed by atoms with van der Waals surface area (Å²) in [5.74, 6) is -0.580. The van der Waals surface area contributed by atoms with Crippen molar-refractivity contribution in [1.82, 2.24) is 0 Å². The van der Waals surface area contributed by atoms with E-state index in [0.29, 0.717) is 0 Å². The van der Waals surface area contributed by atoms with Gasteiger partial charge in [0.05, 0.1) is 18.8 Å². The fraction of sp³-hybridized carbons (Fsp3) is 0.317. The summed E-state index contributed by atoms with van der Waals surface area (Å²) >= 11 is 1.70. The second-order valence-corrected chi connectivity index (χ2v) is 19.4. The van der Waals surface area contributed by atoms with Gasteiger partial charge >= 0.3 is 0 Å². The molecule has 0 aliphatic carbocycles. The number of halogens is 1. The zero-order valence-electron chi connectivity index (χ0n) is 28.3. The summed E-state index contributed by atoms with van der Waals surface area (Å²) in [4.78, 5) is 2.29. The van der Waals surface area contributed by atoms with Gasteiger partial charge in [-0.1, -0.05) is 119 Å². The van der Waals surface area contributed by atoms with Crippen molar-refractivity contribution < 1.29 is 23.8 Å². The molecule has 5 aromatic rings. The fourth-order valence-electron chi connectivity index (χ4n) is 7.08. The minimum atomic E-state index is -3.06. The highest BCUT2D eigenvalue weighted by atomic mass is 32.1. The van der Waals surface area contributed by atoms with Crippen molar-refractivity contribution >= 4 is 30.0 Å². The molecule has 1 aromatic heterocycles. The first-order valence-corrected chi connectivity index (χ1v) is 19.4. The summed E-state index contributed by atoms with van der Waals surface area (Å²) in [5, 5.41) is 24.4. The van der Waals surface area contributed by atoms with Crippen LogP contribution in [-0.2, 0) is 15.6 Å². The number of aliphatic hydroxyl groups is 2. The zero-order valence-corrected chi connectivity index (χ0v) is 30.1. The van der Waals surface area contributed by atoms with E-state index >= 15 is 0 Å². The van der Waals surface area contributed by atoms with Crippen molar-refractivity contribution in [2.24, 2.45) is 5.92 Å². The maximum absolute atomic E-state index is 13.5. The van der Waals surface area contributed by atoms with Gasteiger partial charge in [-0.05, 0) is 68.9 Å². The van der Waals surface area contributed by atoms with Gasteiger partial charge in [-0.2, -0.15) is 0 Å². The molecule has 0 bridgehead atoms. The highest BCUT2D eigenvalue weighted by molar-refractivity contribution is 7.15. The molecule has 0 radical (unpaired) electrons. The third kappa shape index (κ3) is 6.73. The van der Waals surface area contributed by atoms with Crippen molar-refractivity contribution in [3.63, 3.8) is 0 Å². The largest absolute Gasteiger partial charge is 0.399 e. The summed E-state index contributed by atoms with van der Waals surface area (Å²) < 4.78 is 27.8. The normalized spacial score (nSPS) is 21.7. The molecule has 1 fully saturated rings. The minimum absolute atomic E-state index is 0.194. The molecule has 0 saturated carbocycles. The first kappa shape index (κ1) is 34.4. The highest BCUT2D eigenvalue weighted by Crippen LogP contribution is 2.44. The van der Waals surface area contributed by atoms with Crippen LogP contribution in [0.25, 0.3) is 10.4 Å². The monoisotopic (exact) mass is 680 g/mol. The van der Waals surface area contributed by atoms with Gasteiger partial charge in [-0.25, -0.2) is 4.39 Å². The molecular formula is C41H45FO4SSi. The summed E-state index contributed by atoms with van der Waals surface area (Å²) in [6.45, 7) is 10.5. The van der Waals surface area contributed by atoms with Crippen molar-refractivity contribution in [1.29, 1.82) is 0 Å². The van der Waals surface area contributed by atoms with E-state index in [0.717, 1.165) is 43.9 Å². The molecule has 4 aromatic carbocycles. The van der Waals surface area contributed by atoms with E-state index < -0.39 is 32.7 Å². The number of benzene rings is 4. The Morgan fingerprint density at radius 2 is 1.48 bits per heavy atom. The molecule has 5 atom stereocenters. The van der Waals surface area contributed by atoms with E-state index in [1.807, 2.05) is 31.2 Å². The molecule has 4 nitrogen and oxygen atoms in total. The Morgan fingerprint density at radius 1 is 0.854 bits per heavy atom. The lowest BCUT2D eigenvalue weighted by atomic mass is 9.85. The van der Waals surface area contributed by atoms with Crippen molar-refractivity contribution in [3.8, 4) is 10.4 Å². The summed E-state index contributed by atoms with van der Waals surface area (Å²) in [6.07, 6.45) is -1.97. The number of hydrogen-bond donors (Lipinski definition) is 2. The molecular weight excluding hydrogens is 636 g/mol. The molecule has 2 heterocycles. The lowest BCUT2D eigenvalue weighted by Crippen LogP contribution is -2.70. The zero-order chi connectivity index (χ0) is 34.1. The van der Waals surface area contributed by atoms with Crippen molar-refractivity contribution in [3.05, 3.63) is 143 Å². The second kappa shape index (κ2) is 14.2. The Balaban J connectivity index is 1.41. The van der Waals surface area contributed by atoms with Gasteiger partial charge in [0.25, 0.3) is 8.32 Å². The molecule has 7 heteroatoms. The van der Waals surface area contributed by atoms with Crippen molar-refractivity contribution in [2.45, 2.75) is 70.5 Å². The Morgan fingerprint density at radius 3 is 2.06 bits per heavy atom. The average Bonchev–Trinajstić information content (AvgIpc) is 3.55. The van der Waals surface area contributed by atoms with Gasteiger partial charge in [0.1, 0.15) is 18.0 Å². The molecule has 1 saturated heterocycles. The quantitative estimate of drug-likeness (QED) is 0.156. The predicted molar refractivity (Wildman–Crippen MR) is 196 cm³/mol. The first-order chi connectivity index (χ1) is 23.0. The molecule has 0 spiro atoms. The molecule has 1 aliphatic heterocycles. The maximum Gasteiger partial charge on any atom is 0.261 e. The number of rotatable bonds is 9. The van der Waals surface area contributed by atoms with Gasteiger partial charge in [0.2, 0.25) is 0 Å². The van der Waals surface area contributed by atoms with Crippen LogP contribution in [0.3, 0.4) is 0 Å². The van der Waals surface area contributed by atoms with E-state index in [-0.39, 0.29) is 23.4 Å². The van der Waals surface area contributed by atoms with Crippen LogP contribution in [0, 0.1) is 18.7 Å². The van der Waals surface area contributed by atoms with Crippen LogP contribution in [-0.4, -0.2) is 43.4 Å². The first-order valence-electron chi connectivity index (χ1n) is 16.7. The van der Waals surface area contributed by atoms with Gasteiger partial charge in [0.15, 0.2) is 0 Å². The Hall–Kier alpha value is -3.43. The predicted octanol–water partition coefficient (Wildman–Crippen LogP) is 7.83. The fourth-order valence-corrected chi connectivity index (χ4v) is 12.8. The SMILES string of the molecule is Cc1ccc([C@@H]2O[C@H](CO)C(C)[C@H](O)C2O[Si](c2ccccc2)(c2ccccc2)C(C)(C)C)cc1Cc1ccc(-c2ccc(F)cc2)s1. The molecule has 0 amide bonds. The molecule has 2 unspecified atom stereocenters. The Labute approximate surface area is 289 Å². The van der Waals surface area contributed by atoms with Gasteiger partial charge in [0, 0.05) is 22.1 Å². The van der Waals surface area contributed by atoms with E-state index in [1.165, 1.54) is 17.0 Å². The second-order valence-electron chi connectivity index (χ2n) is 14.0. The third-order valence-corrected chi connectivity index (χ3v) is 16.0. The molecule has 1 aliphatic rings. The van der Waals surface area contributed by atoms with Crippen LogP contribution in [0.2, 0.25) is 5.04 Å². The highest BCUT2D eigenvalue weighted by Gasteiger charge is 2.55. The summed E-state index contributed by atoms with van der Waals surface area (Å²) in [7, 11) is -3.06. The summed E-state index contributed by atoms with van der Waals surface area (Å²) in [5.41, 5.74) is 4.22. The van der Waals surface area contributed by atoms with Crippen LogP contribution in [0.5, 0.6) is 0 Å². The van der Waals surface area contributed by atoms with E-state index in [1.54, 1.807) is 11.3 Å². The molecule has 2 N–H and O–H groups in total. The van der Waals surface area contributed by atoms with E-state index in [2.05, 4.69) is 107 Å². The smallest absolute Gasteiger partial charge is 0.261 e. The molecule has 6 rings (SSSR count). The van der Waals surface area contributed by atoms with Crippen LogP contribution >= 0.6 is 11.3 Å². The lowest BCUT2D eigenvalue weighted by Gasteiger charge is -2.51. The standard InChI is InChI=1S/C41H45FO4SSi/c1-27-16-17-30(24-31(27)25-33-22-23-37(47-33)29-18-20-32(42)21-19-29)39-40(38(44)28(2)36(26-43)45-39)46-48(41(3,4)5,34-12-8-6-9-13-34)35-14-10-7-11-15-35/h6-24,28,36,38-40,43-44H,25-26H2,1-5H3/t28?,36-,38+,39+,40?/m1/s1. The number of aliphatic hydroxyl groups excluding tert-OH is 2. The summed E-state index contributed by atoms with van der Waals surface area (Å²) in [6, 6.07) is 38.1. The maximum atomic E-state index is 13.5. The van der Waals surface area contributed by atoms with Gasteiger partial charge < -0.3 is 19.4 Å². The van der Waals surface area contributed by atoms with Crippen LogP contribution in [0.4, 0.5) is 4.39 Å². The van der Waals surface area contributed by atoms with Crippen LogP contribution in [0.1, 0.15) is 55.4 Å². The van der Waals surface area contributed by atoms with Crippen LogP contribution < -0.4 is 10.4 Å². The van der Waals surface area contributed by atoms with E-state index in [9.17, 15) is 14.6 Å². The molecule has 48 heavy (non-hydrogen) atoms. The minimum Gasteiger partial charge on any atom is -0.399 e. The number of aryl methyl sites for hydroxylation is 1. The lowest BCUT2D eigenvalue weighted by molar-refractivity contribution is -0.201. The van der Waals surface area contributed by atoms with Crippen molar-refractivity contribution in [2.75, 3.05) is 6.61 Å². The molecule has 250 valence electrons. The van der Waals surface area contributed by atoms with Gasteiger partial charge in [-0.15, -0.1) is 11.3 Å². The average molecular weight is 681 g/mol. The third-order valence-electron chi connectivity index (χ3n) is 9.85. The topological polar surface area (TPSA) is 58.9 Å². The Bertz CT molecular complexity index is 1760. The number of ether oxygens (including phenoxy) is 1. The number of hydrogen-bond acceptors (Lipinski definition) is 5. The Kier molecular flexibility index (Phi) is 10.2. The van der Waals surface area contributed by atoms with E-state index in [4.69, 9.17) is 9.16 Å².